The highest BCUT2D eigenvalue weighted by molar-refractivity contribution is 5.90. The maximum absolute atomic E-state index is 12.2. The molecule has 0 unspecified atom stereocenters. The van der Waals surface area contributed by atoms with Crippen LogP contribution in [0.3, 0.4) is 0 Å². The monoisotopic (exact) mass is 379 g/mol. The second-order valence-electron chi connectivity index (χ2n) is 7.82. The zero-order chi connectivity index (χ0) is 19.7. The number of ether oxygens (including phenoxy) is 2. The molecular weight excluding hydrogens is 350 g/mol. The molecule has 0 aromatic heterocycles. The zero-order valence-electron chi connectivity index (χ0n) is 17.0. The number of carbonyl (C=O) groups excluding carboxylic acids is 1. The van der Waals surface area contributed by atoms with E-state index in [1.165, 1.54) is 36.1 Å². The van der Waals surface area contributed by atoms with E-state index in [2.05, 4.69) is 30.4 Å². The van der Waals surface area contributed by atoms with Crippen molar-refractivity contribution in [2.75, 3.05) is 18.5 Å². The first-order chi connectivity index (χ1) is 13.6. The summed E-state index contributed by atoms with van der Waals surface area (Å²) in [6.45, 7) is 6.90. The van der Waals surface area contributed by atoms with Crippen molar-refractivity contribution in [1.82, 2.24) is 0 Å². The maximum Gasteiger partial charge on any atom is 0.338 e. The minimum atomic E-state index is -0.300. The Balaban J connectivity index is 1.73. The molecule has 0 bridgehead atoms. The van der Waals surface area contributed by atoms with E-state index in [0.717, 1.165) is 11.3 Å². The molecule has 0 amide bonds. The van der Waals surface area contributed by atoms with Crippen LogP contribution in [0.15, 0.2) is 36.4 Å². The van der Waals surface area contributed by atoms with Crippen molar-refractivity contribution in [3.05, 3.63) is 58.7 Å². The highest BCUT2D eigenvalue weighted by Crippen LogP contribution is 2.54. The molecule has 0 saturated heterocycles. The third-order valence-corrected chi connectivity index (χ3v) is 6.07. The van der Waals surface area contributed by atoms with Gasteiger partial charge in [-0.15, -0.1) is 0 Å². The van der Waals surface area contributed by atoms with Crippen LogP contribution in [0.1, 0.15) is 72.1 Å². The van der Waals surface area contributed by atoms with Crippen LogP contribution < -0.4 is 10.1 Å². The van der Waals surface area contributed by atoms with E-state index in [0.29, 0.717) is 30.6 Å². The summed E-state index contributed by atoms with van der Waals surface area (Å²) >= 11 is 0. The van der Waals surface area contributed by atoms with Gasteiger partial charge in [-0.25, -0.2) is 4.79 Å². The zero-order valence-corrected chi connectivity index (χ0v) is 17.0. The van der Waals surface area contributed by atoms with Crippen molar-refractivity contribution in [2.45, 2.75) is 52.0 Å². The Kier molecular flexibility index (Phi) is 5.29. The molecule has 3 atom stereocenters. The molecule has 1 saturated carbocycles. The summed E-state index contributed by atoms with van der Waals surface area (Å²) in [6.07, 6.45) is 3.71. The fourth-order valence-corrected chi connectivity index (χ4v) is 4.89. The largest absolute Gasteiger partial charge is 0.493 e. The van der Waals surface area contributed by atoms with Crippen molar-refractivity contribution in [2.24, 2.45) is 5.92 Å². The van der Waals surface area contributed by atoms with E-state index >= 15 is 0 Å². The molecule has 1 N–H and O–H groups in total. The summed E-state index contributed by atoms with van der Waals surface area (Å²) in [4.78, 5) is 12.2. The van der Waals surface area contributed by atoms with Gasteiger partial charge in [0.05, 0.1) is 24.8 Å². The number of hydrogen-bond donors (Lipinski definition) is 1. The number of esters is 1. The summed E-state index contributed by atoms with van der Waals surface area (Å²) in [6, 6.07) is 12.7. The second kappa shape index (κ2) is 7.86. The van der Waals surface area contributed by atoms with Crippen LogP contribution in [0.25, 0.3) is 0 Å². The molecular formula is C24H29NO3. The van der Waals surface area contributed by atoms with Crippen LogP contribution in [0.2, 0.25) is 0 Å². The number of benzene rings is 2. The quantitative estimate of drug-likeness (QED) is 0.685. The number of aryl methyl sites for hydroxylation is 1. The van der Waals surface area contributed by atoms with Crippen LogP contribution >= 0.6 is 0 Å². The normalized spacial score (nSPS) is 22.8. The van der Waals surface area contributed by atoms with Crippen LogP contribution in [-0.2, 0) is 4.74 Å². The van der Waals surface area contributed by atoms with Crippen molar-refractivity contribution < 1.29 is 14.3 Å². The van der Waals surface area contributed by atoms with Gasteiger partial charge in [-0.1, -0.05) is 30.2 Å². The molecule has 4 rings (SSSR count). The van der Waals surface area contributed by atoms with Gasteiger partial charge in [0.15, 0.2) is 0 Å². The predicted octanol–water partition coefficient (Wildman–Crippen LogP) is 5.62. The molecule has 0 spiro atoms. The number of rotatable bonds is 5. The number of nitrogens with one attached hydrogen (secondary N) is 1. The van der Waals surface area contributed by atoms with Gasteiger partial charge in [-0.3, -0.25) is 0 Å². The standard InChI is InChI=1S/C24H29NO3/c1-4-27-22-14-16(24(26)28-5-2)10-11-19(22)23-18-8-6-7-17(18)20-13-15(3)9-12-21(20)25-23/h9-14,17-18,23,25H,4-8H2,1-3H3/t17-,18+,23-/m1/s1. The molecule has 2 aromatic carbocycles. The van der Waals surface area contributed by atoms with E-state index in [-0.39, 0.29) is 12.0 Å². The van der Waals surface area contributed by atoms with Crippen molar-refractivity contribution >= 4 is 11.7 Å². The summed E-state index contributed by atoms with van der Waals surface area (Å²) in [5.74, 6) is 1.61. The lowest BCUT2D eigenvalue weighted by molar-refractivity contribution is 0.0526. The van der Waals surface area contributed by atoms with Crippen molar-refractivity contribution in [3.8, 4) is 5.75 Å². The third-order valence-electron chi connectivity index (χ3n) is 6.07. The number of anilines is 1. The molecule has 2 aromatic rings. The molecule has 1 fully saturated rings. The third kappa shape index (κ3) is 3.36. The molecule has 2 aliphatic rings. The van der Waals surface area contributed by atoms with E-state index < -0.39 is 0 Å². The van der Waals surface area contributed by atoms with Gasteiger partial charge in [0.25, 0.3) is 0 Å². The lowest BCUT2D eigenvalue weighted by Gasteiger charge is -2.38. The Bertz CT molecular complexity index is 876. The van der Waals surface area contributed by atoms with Gasteiger partial charge >= 0.3 is 5.97 Å². The highest BCUT2D eigenvalue weighted by atomic mass is 16.5. The first-order valence-corrected chi connectivity index (χ1v) is 10.4. The summed E-state index contributed by atoms with van der Waals surface area (Å²) < 4.78 is 11.1. The second-order valence-corrected chi connectivity index (χ2v) is 7.82. The van der Waals surface area contributed by atoms with Gasteiger partial charge in [0.1, 0.15) is 5.75 Å². The van der Waals surface area contributed by atoms with E-state index in [1.807, 2.05) is 32.0 Å². The van der Waals surface area contributed by atoms with Crippen molar-refractivity contribution in [3.63, 3.8) is 0 Å². The smallest absolute Gasteiger partial charge is 0.338 e. The maximum atomic E-state index is 12.2. The van der Waals surface area contributed by atoms with E-state index in [9.17, 15) is 4.79 Å². The molecule has 4 heteroatoms. The Morgan fingerprint density at radius 2 is 1.93 bits per heavy atom. The predicted molar refractivity (Wildman–Crippen MR) is 111 cm³/mol. The molecule has 1 aliphatic carbocycles. The number of fused-ring (bicyclic) bond motifs is 3. The average Bonchev–Trinajstić information content (AvgIpc) is 3.18. The molecule has 0 radical (unpaired) electrons. The minimum absolute atomic E-state index is 0.195. The lowest BCUT2D eigenvalue weighted by atomic mass is 9.76. The minimum Gasteiger partial charge on any atom is -0.493 e. The Morgan fingerprint density at radius 3 is 2.71 bits per heavy atom. The van der Waals surface area contributed by atoms with Gasteiger partial charge in [-0.05, 0) is 69.2 Å². The Labute approximate surface area is 167 Å². The highest BCUT2D eigenvalue weighted by Gasteiger charge is 2.41. The summed E-state index contributed by atoms with van der Waals surface area (Å²) in [5.41, 5.74) is 5.69. The average molecular weight is 380 g/mol. The fourth-order valence-electron chi connectivity index (χ4n) is 4.89. The van der Waals surface area contributed by atoms with Gasteiger partial charge < -0.3 is 14.8 Å². The van der Waals surface area contributed by atoms with Gasteiger partial charge in [-0.2, -0.15) is 0 Å². The SMILES string of the molecule is CCOC(=O)c1ccc([C@@H]2Nc3ccc(C)cc3[C@@H]3CCC[C@@H]32)c(OCC)c1. The molecule has 28 heavy (non-hydrogen) atoms. The molecule has 148 valence electrons. The van der Waals surface area contributed by atoms with E-state index in [4.69, 9.17) is 9.47 Å². The first kappa shape index (κ1) is 18.9. The van der Waals surface area contributed by atoms with Crippen LogP contribution in [0.4, 0.5) is 5.69 Å². The van der Waals surface area contributed by atoms with Crippen LogP contribution in [0.5, 0.6) is 5.75 Å². The molecule has 1 heterocycles. The number of hydrogen-bond acceptors (Lipinski definition) is 4. The van der Waals surface area contributed by atoms with Gasteiger partial charge in [0.2, 0.25) is 0 Å². The Morgan fingerprint density at radius 1 is 1.07 bits per heavy atom. The fraction of sp³-hybridized carbons (Fsp3) is 0.458. The van der Waals surface area contributed by atoms with Crippen LogP contribution in [-0.4, -0.2) is 19.2 Å². The van der Waals surface area contributed by atoms with Gasteiger partial charge in [0, 0.05) is 11.3 Å². The molecule has 1 aliphatic heterocycles. The Hall–Kier alpha value is -2.49. The first-order valence-electron chi connectivity index (χ1n) is 10.4. The summed E-state index contributed by atoms with van der Waals surface area (Å²) in [5, 5.41) is 3.79. The van der Waals surface area contributed by atoms with E-state index in [1.54, 1.807) is 0 Å². The van der Waals surface area contributed by atoms with Crippen LogP contribution in [0, 0.1) is 12.8 Å². The summed E-state index contributed by atoms with van der Waals surface area (Å²) in [7, 11) is 0. The van der Waals surface area contributed by atoms with Crippen molar-refractivity contribution in [1.29, 1.82) is 0 Å². The lowest BCUT2D eigenvalue weighted by Crippen LogP contribution is -2.29. The molecule has 4 nitrogen and oxygen atoms in total. The number of carbonyl (C=O) groups is 1. The topological polar surface area (TPSA) is 47.6 Å².